The first-order valence-electron chi connectivity index (χ1n) is 7.70. The van der Waals surface area contributed by atoms with Gasteiger partial charge in [-0.3, -0.25) is 30.6 Å². The first-order valence-corrected chi connectivity index (χ1v) is 7.70. The number of nitrogens with one attached hydrogen (secondary N) is 2. The van der Waals surface area contributed by atoms with Crippen LogP contribution >= 0.6 is 0 Å². The Kier molecular flexibility index (Phi) is 6.49. The lowest BCUT2D eigenvalue weighted by Gasteiger charge is -2.08. The molecule has 1 heterocycles. The summed E-state index contributed by atoms with van der Waals surface area (Å²) in [5.41, 5.74) is 5.49. The topological polar surface area (TPSA) is 124 Å². The number of rotatable bonds is 7. The second kappa shape index (κ2) is 9.02. The highest BCUT2D eigenvalue weighted by atomic mass is 16.6. The smallest absolute Gasteiger partial charge is 0.433 e. The maximum atomic E-state index is 11.6. The van der Waals surface area contributed by atoms with Crippen molar-refractivity contribution in [2.75, 3.05) is 6.61 Å². The third-order valence-corrected chi connectivity index (χ3v) is 3.22. The minimum absolute atomic E-state index is 0.136. The van der Waals surface area contributed by atoms with Crippen molar-refractivity contribution in [2.24, 2.45) is 0 Å². The molecule has 1 aromatic heterocycles. The van der Waals surface area contributed by atoms with E-state index in [0.717, 1.165) is 18.1 Å². The summed E-state index contributed by atoms with van der Waals surface area (Å²) in [7, 11) is 0. The second-order valence-electron chi connectivity index (χ2n) is 5.09. The number of hydrogen-bond donors (Lipinski definition) is 2. The van der Waals surface area contributed by atoms with Crippen LogP contribution in [0.25, 0.3) is 6.08 Å². The van der Waals surface area contributed by atoms with E-state index in [0.29, 0.717) is 5.75 Å². The van der Waals surface area contributed by atoms with Crippen molar-refractivity contribution in [3.05, 3.63) is 63.9 Å². The average Bonchev–Trinajstić information content (AvgIpc) is 3.13. The Bertz CT molecular complexity index is 810. The summed E-state index contributed by atoms with van der Waals surface area (Å²) in [5.74, 6) is -0.924. The van der Waals surface area contributed by atoms with Gasteiger partial charge in [0.05, 0.1) is 6.07 Å². The lowest BCUT2D eigenvalue weighted by atomic mass is 10.2. The van der Waals surface area contributed by atoms with Gasteiger partial charge in [0, 0.05) is 6.08 Å². The molecular weight excluding hydrogens is 342 g/mol. The highest BCUT2D eigenvalue weighted by molar-refractivity contribution is 5.92. The van der Waals surface area contributed by atoms with Crippen LogP contribution in [-0.2, 0) is 16.0 Å². The number of ether oxygens (including phenoxy) is 1. The third-order valence-electron chi connectivity index (χ3n) is 3.22. The molecule has 0 unspecified atom stereocenters. The average molecular weight is 359 g/mol. The van der Waals surface area contributed by atoms with E-state index in [9.17, 15) is 19.7 Å². The SMILES string of the molecule is CCc1ccc(OCC(=O)NNC(=O)/C=C/c2ccc([N+](=O)[O-])o2)cc1. The van der Waals surface area contributed by atoms with Gasteiger partial charge in [0.1, 0.15) is 16.4 Å². The molecule has 0 spiro atoms. The monoisotopic (exact) mass is 359 g/mol. The van der Waals surface area contributed by atoms with Gasteiger partial charge in [-0.1, -0.05) is 19.1 Å². The predicted octanol–water partition coefficient (Wildman–Crippen LogP) is 1.99. The van der Waals surface area contributed by atoms with Gasteiger partial charge in [-0.05, 0) is 36.3 Å². The van der Waals surface area contributed by atoms with E-state index in [1.165, 1.54) is 18.2 Å². The van der Waals surface area contributed by atoms with Crippen LogP contribution in [0.15, 0.2) is 46.9 Å². The first-order chi connectivity index (χ1) is 12.5. The van der Waals surface area contributed by atoms with Gasteiger partial charge < -0.3 is 9.15 Å². The maximum Gasteiger partial charge on any atom is 0.433 e. The molecule has 2 amide bonds. The molecule has 0 aliphatic carbocycles. The molecule has 0 saturated heterocycles. The molecule has 9 nitrogen and oxygen atoms in total. The lowest BCUT2D eigenvalue weighted by molar-refractivity contribution is -0.402. The normalized spacial score (nSPS) is 10.5. The molecule has 2 aromatic rings. The zero-order valence-corrected chi connectivity index (χ0v) is 13.9. The summed E-state index contributed by atoms with van der Waals surface area (Å²) in [6.07, 6.45) is 3.21. The van der Waals surface area contributed by atoms with Crippen molar-refractivity contribution in [3.63, 3.8) is 0 Å². The van der Waals surface area contributed by atoms with Gasteiger partial charge in [-0.25, -0.2) is 0 Å². The largest absolute Gasteiger partial charge is 0.484 e. The Hall–Kier alpha value is -3.62. The van der Waals surface area contributed by atoms with Crippen LogP contribution in [0.3, 0.4) is 0 Å². The summed E-state index contributed by atoms with van der Waals surface area (Å²) >= 11 is 0. The van der Waals surface area contributed by atoms with Crippen LogP contribution in [0.5, 0.6) is 5.75 Å². The molecule has 0 aliphatic rings. The van der Waals surface area contributed by atoms with Crippen LogP contribution < -0.4 is 15.6 Å². The van der Waals surface area contributed by atoms with Crippen LogP contribution in [0.2, 0.25) is 0 Å². The first kappa shape index (κ1) is 18.7. The van der Waals surface area contributed by atoms with Gasteiger partial charge >= 0.3 is 5.88 Å². The Morgan fingerprint density at radius 3 is 2.54 bits per heavy atom. The number of furan rings is 1. The van der Waals surface area contributed by atoms with E-state index in [-0.39, 0.29) is 12.4 Å². The maximum absolute atomic E-state index is 11.6. The number of hydrogen-bond acceptors (Lipinski definition) is 6. The van der Waals surface area contributed by atoms with Crippen molar-refractivity contribution in [1.82, 2.24) is 10.9 Å². The summed E-state index contributed by atoms with van der Waals surface area (Å²) in [4.78, 5) is 33.0. The molecule has 2 N–H and O–H groups in total. The van der Waals surface area contributed by atoms with Crippen molar-refractivity contribution < 1.29 is 23.7 Å². The van der Waals surface area contributed by atoms with Gasteiger partial charge in [0.15, 0.2) is 6.61 Å². The van der Waals surface area contributed by atoms with E-state index in [4.69, 9.17) is 9.15 Å². The van der Waals surface area contributed by atoms with Crippen molar-refractivity contribution in [1.29, 1.82) is 0 Å². The standard InChI is InChI=1S/C17H17N3O6/c1-2-12-3-5-13(6-4-12)25-11-16(22)19-18-15(21)9-7-14-8-10-17(26-14)20(23)24/h3-10H,2,11H2,1H3,(H,18,21)(H,19,22)/b9-7+. The molecular formula is C17H17N3O6. The molecule has 0 atom stereocenters. The molecule has 0 radical (unpaired) electrons. The Balaban J connectivity index is 1.72. The number of benzene rings is 1. The van der Waals surface area contributed by atoms with E-state index in [1.54, 1.807) is 12.1 Å². The number of nitrogens with zero attached hydrogens (tertiary/aromatic N) is 1. The van der Waals surface area contributed by atoms with Gasteiger partial charge in [0.25, 0.3) is 11.8 Å². The van der Waals surface area contributed by atoms with E-state index >= 15 is 0 Å². The fourth-order valence-electron chi connectivity index (χ4n) is 1.87. The number of aryl methyl sites for hydroxylation is 1. The molecule has 1 aromatic carbocycles. The van der Waals surface area contributed by atoms with Crippen molar-refractivity contribution in [3.8, 4) is 5.75 Å². The highest BCUT2D eigenvalue weighted by Gasteiger charge is 2.10. The van der Waals surface area contributed by atoms with Crippen molar-refractivity contribution >= 4 is 23.8 Å². The van der Waals surface area contributed by atoms with Crippen molar-refractivity contribution in [2.45, 2.75) is 13.3 Å². The predicted molar refractivity (Wildman–Crippen MR) is 92.0 cm³/mol. The number of amides is 2. The zero-order valence-electron chi connectivity index (χ0n) is 13.9. The summed E-state index contributed by atoms with van der Waals surface area (Å²) in [6, 6.07) is 9.84. The molecule has 26 heavy (non-hydrogen) atoms. The van der Waals surface area contributed by atoms with Gasteiger partial charge in [-0.15, -0.1) is 0 Å². The third kappa shape index (κ3) is 5.78. The summed E-state index contributed by atoms with van der Waals surface area (Å²) < 4.78 is 10.1. The summed E-state index contributed by atoms with van der Waals surface area (Å²) in [5, 5.41) is 10.5. The Morgan fingerprint density at radius 2 is 1.92 bits per heavy atom. The zero-order chi connectivity index (χ0) is 18.9. The van der Waals surface area contributed by atoms with Crippen LogP contribution in [-0.4, -0.2) is 23.3 Å². The molecule has 136 valence electrons. The fraction of sp³-hybridized carbons (Fsp3) is 0.176. The number of hydrazine groups is 1. The van der Waals surface area contributed by atoms with Gasteiger partial charge in [0.2, 0.25) is 0 Å². The molecule has 2 rings (SSSR count). The number of carbonyl (C=O) groups excluding carboxylic acids is 2. The molecule has 0 fully saturated rings. The fourth-order valence-corrected chi connectivity index (χ4v) is 1.87. The molecule has 0 saturated carbocycles. The van der Waals surface area contributed by atoms with E-state index < -0.39 is 22.6 Å². The highest BCUT2D eigenvalue weighted by Crippen LogP contribution is 2.16. The lowest BCUT2D eigenvalue weighted by Crippen LogP contribution is -2.43. The molecule has 0 aliphatic heterocycles. The minimum Gasteiger partial charge on any atom is -0.484 e. The Morgan fingerprint density at radius 1 is 1.19 bits per heavy atom. The van der Waals surface area contributed by atoms with E-state index in [2.05, 4.69) is 10.9 Å². The van der Waals surface area contributed by atoms with Gasteiger partial charge in [-0.2, -0.15) is 0 Å². The quantitative estimate of drug-likeness (QED) is 0.443. The Labute approximate surface area is 148 Å². The van der Waals surface area contributed by atoms with E-state index in [1.807, 2.05) is 19.1 Å². The number of carbonyl (C=O) groups is 2. The minimum atomic E-state index is -0.687. The molecule has 0 bridgehead atoms. The van der Waals surface area contributed by atoms with Crippen LogP contribution in [0.4, 0.5) is 5.88 Å². The number of nitro groups is 1. The summed E-state index contributed by atoms with van der Waals surface area (Å²) in [6.45, 7) is 1.77. The van der Waals surface area contributed by atoms with Crippen LogP contribution in [0, 0.1) is 10.1 Å². The second-order valence-corrected chi connectivity index (χ2v) is 5.09. The van der Waals surface area contributed by atoms with Crippen LogP contribution in [0.1, 0.15) is 18.2 Å². The molecule has 9 heteroatoms.